The number of hydrogen-bond acceptors (Lipinski definition) is 3. The average molecular weight is 241 g/mol. The lowest BCUT2D eigenvalue weighted by atomic mass is 9.89. The number of esters is 1. The van der Waals surface area contributed by atoms with Crippen LogP contribution in [-0.4, -0.2) is 25.2 Å². The Balaban J connectivity index is 2.38. The Kier molecular flexibility index (Phi) is 5.96. The summed E-state index contributed by atoms with van der Waals surface area (Å²) >= 11 is 0. The third kappa shape index (κ3) is 4.66. The molecule has 0 bridgehead atoms. The first-order chi connectivity index (χ1) is 8.04. The molecule has 3 heteroatoms. The van der Waals surface area contributed by atoms with E-state index in [-0.39, 0.29) is 12.0 Å². The van der Waals surface area contributed by atoms with Crippen LogP contribution in [0.1, 0.15) is 52.9 Å². The van der Waals surface area contributed by atoms with E-state index in [4.69, 9.17) is 4.74 Å². The lowest BCUT2D eigenvalue weighted by molar-refractivity contribution is -0.142. The van der Waals surface area contributed by atoms with Crippen molar-refractivity contribution in [3.8, 4) is 0 Å². The molecule has 0 aromatic carbocycles. The molecule has 0 radical (unpaired) electrons. The Morgan fingerprint density at radius 1 is 1.18 bits per heavy atom. The monoisotopic (exact) mass is 241 g/mol. The van der Waals surface area contributed by atoms with E-state index < -0.39 is 0 Å². The Morgan fingerprint density at radius 3 is 2.47 bits per heavy atom. The highest BCUT2D eigenvalue weighted by Crippen LogP contribution is 2.28. The van der Waals surface area contributed by atoms with Gasteiger partial charge in [0.1, 0.15) is 6.04 Å². The number of methoxy groups -OCH3 is 1. The van der Waals surface area contributed by atoms with Crippen molar-refractivity contribution in [2.75, 3.05) is 7.11 Å². The molecule has 0 heterocycles. The molecule has 3 nitrogen and oxygen atoms in total. The van der Waals surface area contributed by atoms with Gasteiger partial charge < -0.3 is 10.1 Å². The predicted molar refractivity (Wildman–Crippen MR) is 69.8 cm³/mol. The highest BCUT2D eigenvalue weighted by molar-refractivity contribution is 5.75. The Bertz CT molecular complexity index is 240. The van der Waals surface area contributed by atoms with Crippen LogP contribution < -0.4 is 5.32 Å². The molecule has 1 fully saturated rings. The van der Waals surface area contributed by atoms with Crippen LogP contribution in [0.4, 0.5) is 0 Å². The fourth-order valence-electron chi connectivity index (χ4n) is 2.76. The van der Waals surface area contributed by atoms with Gasteiger partial charge in [-0.2, -0.15) is 0 Å². The van der Waals surface area contributed by atoms with Crippen LogP contribution in [0, 0.1) is 11.8 Å². The van der Waals surface area contributed by atoms with Crippen molar-refractivity contribution in [2.24, 2.45) is 11.8 Å². The molecule has 1 N–H and O–H groups in total. The number of rotatable bonds is 4. The SMILES string of the molecule is COC(=O)C(C)NC1CCCC(C(C)C)CC1. The quantitative estimate of drug-likeness (QED) is 0.607. The largest absolute Gasteiger partial charge is 0.468 e. The van der Waals surface area contributed by atoms with Crippen LogP contribution in [0.3, 0.4) is 0 Å². The molecule has 1 aliphatic rings. The van der Waals surface area contributed by atoms with E-state index in [9.17, 15) is 4.79 Å². The minimum Gasteiger partial charge on any atom is -0.468 e. The van der Waals surface area contributed by atoms with Gasteiger partial charge in [0.2, 0.25) is 0 Å². The zero-order valence-electron chi connectivity index (χ0n) is 11.7. The molecule has 3 unspecified atom stereocenters. The van der Waals surface area contributed by atoms with E-state index in [1.54, 1.807) is 0 Å². The minimum absolute atomic E-state index is 0.158. The van der Waals surface area contributed by atoms with Gasteiger partial charge in [-0.1, -0.05) is 26.7 Å². The number of carbonyl (C=O) groups excluding carboxylic acids is 1. The summed E-state index contributed by atoms with van der Waals surface area (Å²) in [6, 6.07) is 0.299. The molecule has 17 heavy (non-hydrogen) atoms. The van der Waals surface area contributed by atoms with E-state index in [1.165, 1.54) is 39.2 Å². The van der Waals surface area contributed by atoms with E-state index in [0.29, 0.717) is 6.04 Å². The molecule has 3 atom stereocenters. The smallest absolute Gasteiger partial charge is 0.322 e. The van der Waals surface area contributed by atoms with E-state index in [2.05, 4.69) is 19.2 Å². The molecule has 0 aliphatic heterocycles. The predicted octanol–water partition coefficient (Wildman–Crippen LogP) is 2.74. The van der Waals surface area contributed by atoms with E-state index >= 15 is 0 Å². The Labute approximate surface area is 105 Å². The van der Waals surface area contributed by atoms with Crippen LogP contribution in [0.5, 0.6) is 0 Å². The van der Waals surface area contributed by atoms with Crippen molar-refractivity contribution >= 4 is 5.97 Å². The first-order valence-corrected chi connectivity index (χ1v) is 6.88. The standard InChI is InChI=1S/C14H27NO2/c1-10(2)12-6-5-7-13(9-8-12)15-11(3)14(16)17-4/h10-13,15H,5-9H2,1-4H3. The van der Waals surface area contributed by atoms with Crippen molar-refractivity contribution in [1.29, 1.82) is 0 Å². The van der Waals surface area contributed by atoms with Crippen molar-refractivity contribution in [2.45, 2.75) is 65.0 Å². The van der Waals surface area contributed by atoms with Crippen LogP contribution in [0.15, 0.2) is 0 Å². The summed E-state index contributed by atoms with van der Waals surface area (Å²) in [5.41, 5.74) is 0. The fourth-order valence-corrected chi connectivity index (χ4v) is 2.76. The number of nitrogens with one attached hydrogen (secondary N) is 1. The highest BCUT2D eigenvalue weighted by atomic mass is 16.5. The maximum absolute atomic E-state index is 11.4. The van der Waals surface area contributed by atoms with Crippen molar-refractivity contribution in [3.63, 3.8) is 0 Å². The Hall–Kier alpha value is -0.570. The fraction of sp³-hybridized carbons (Fsp3) is 0.929. The number of carbonyl (C=O) groups is 1. The molecule has 100 valence electrons. The zero-order chi connectivity index (χ0) is 12.8. The van der Waals surface area contributed by atoms with E-state index in [0.717, 1.165) is 11.8 Å². The zero-order valence-corrected chi connectivity index (χ0v) is 11.7. The van der Waals surface area contributed by atoms with Gasteiger partial charge in [0.25, 0.3) is 0 Å². The normalized spacial score (nSPS) is 27.6. The van der Waals surface area contributed by atoms with Crippen LogP contribution in [-0.2, 0) is 9.53 Å². The molecular weight excluding hydrogens is 214 g/mol. The van der Waals surface area contributed by atoms with Crippen LogP contribution in [0.25, 0.3) is 0 Å². The van der Waals surface area contributed by atoms with Gasteiger partial charge in [-0.3, -0.25) is 4.79 Å². The summed E-state index contributed by atoms with van der Waals surface area (Å²) in [5.74, 6) is 1.48. The van der Waals surface area contributed by atoms with E-state index in [1.807, 2.05) is 6.92 Å². The second-order valence-corrected chi connectivity index (χ2v) is 5.62. The van der Waals surface area contributed by atoms with Gasteiger partial charge in [-0.25, -0.2) is 0 Å². The highest BCUT2D eigenvalue weighted by Gasteiger charge is 2.23. The third-order valence-corrected chi connectivity index (χ3v) is 4.00. The average Bonchev–Trinajstić information content (AvgIpc) is 2.53. The lowest BCUT2D eigenvalue weighted by Crippen LogP contribution is -2.41. The minimum atomic E-state index is -0.180. The van der Waals surface area contributed by atoms with Gasteiger partial charge >= 0.3 is 5.97 Å². The Morgan fingerprint density at radius 2 is 1.88 bits per heavy atom. The molecule has 0 saturated heterocycles. The van der Waals surface area contributed by atoms with Gasteiger partial charge in [0.15, 0.2) is 0 Å². The lowest BCUT2D eigenvalue weighted by Gasteiger charge is -2.21. The summed E-state index contributed by atoms with van der Waals surface area (Å²) < 4.78 is 4.74. The van der Waals surface area contributed by atoms with Crippen molar-refractivity contribution in [1.82, 2.24) is 5.32 Å². The summed E-state index contributed by atoms with van der Waals surface area (Å²) in [4.78, 5) is 11.4. The molecule has 0 aromatic rings. The molecule has 0 spiro atoms. The maximum Gasteiger partial charge on any atom is 0.322 e. The topological polar surface area (TPSA) is 38.3 Å². The summed E-state index contributed by atoms with van der Waals surface area (Å²) in [6.07, 6.45) is 6.26. The molecular formula is C14H27NO2. The molecule has 1 aliphatic carbocycles. The summed E-state index contributed by atoms with van der Waals surface area (Å²) in [6.45, 7) is 6.52. The second-order valence-electron chi connectivity index (χ2n) is 5.62. The molecule has 1 rings (SSSR count). The number of hydrogen-bond donors (Lipinski definition) is 1. The van der Waals surface area contributed by atoms with Crippen molar-refractivity contribution in [3.05, 3.63) is 0 Å². The summed E-state index contributed by atoms with van der Waals surface area (Å²) in [7, 11) is 1.45. The van der Waals surface area contributed by atoms with Crippen LogP contribution >= 0.6 is 0 Å². The first-order valence-electron chi connectivity index (χ1n) is 6.88. The van der Waals surface area contributed by atoms with Gasteiger partial charge in [-0.15, -0.1) is 0 Å². The maximum atomic E-state index is 11.4. The number of ether oxygens (including phenoxy) is 1. The second kappa shape index (κ2) is 7.00. The van der Waals surface area contributed by atoms with Crippen LogP contribution in [0.2, 0.25) is 0 Å². The molecule has 1 saturated carbocycles. The first kappa shape index (κ1) is 14.5. The molecule has 0 aromatic heterocycles. The van der Waals surface area contributed by atoms with Gasteiger partial charge in [-0.05, 0) is 38.0 Å². The van der Waals surface area contributed by atoms with Gasteiger partial charge in [0, 0.05) is 6.04 Å². The molecule has 0 amide bonds. The van der Waals surface area contributed by atoms with Crippen molar-refractivity contribution < 1.29 is 9.53 Å². The summed E-state index contributed by atoms with van der Waals surface area (Å²) in [5, 5.41) is 3.39. The van der Waals surface area contributed by atoms with Gasteiger partial charge in [0.05, 0.1) is 7.11 Å². The third-order valence-electron chi connectivity index (χ3n) is 4.00.